The topological polar surface area (TPSA) is 113 Å². The number of carbonyl (C=O) groups is 2. The van der Waals surface area contributed by atoms with Crippen LogP contribution in [-0.2, 0) is 19.6 Å². The van der Waals surface area contributed by atoms with E-state index in [-0.39, 0.29) is 42.4 Å². The number of piperazine rings is 1. The number of esters is 1. The number of anilines is 1. The van der Waals surface area contributed by atoms with Gasteiger partial charge in [0, 0.05) is 51.4 Å². The summed E-state index contributed by atoms with van der Waals surface area (Å²) in [7, 11) is -3.88. The van der Waals surface area contributed by atoms with E-state index in [0.717, 1.165) is 18.9 Å². The number of aromatic nitrogens is 1. The Kier molecular flexibility index (Phi) is 6.99. The van der Waals surface area contributed by atoms with Crippen molar-refractivity contribution in [1.29, 1.82) is 0 Å². The van der Waals surface area contributed by atoms with Crippen molar-refractivity contribution in [2.75, 3.05) is 50.8 Å². The molecule has 0 bridgehead atoms. The lowest BCUT2D eigenvalue weighted by Gasteiger charge is -2.38. The summed E-state index contributed by atoms with van der Waals surface area (Å²) >= 11 is 0. The molecule has 178 valence electrons. The fourth-order valence-electron chi connectivity index (χ4n) is 4.20. The van der Waals surface area contributed by atoms with Crippen LogP contribution in [0.2, 0.25) is 0 Å². The number of sulfonamides is 1. The second-order valence-electron chi connectivity index (χ2n) is 8.02. The van der Waals surface area contributed by atoms with Crippen molar-refractivity contribution < 1.29 is 27.2 Å². The molecule has 2 aromatic heterocycles. The van der Waals surface area contributed by atoms with Gasteiger partial charge in [-0.2, -0.15) is 4.31 Å². The van der Waals surface area contributed by atoms with Gasteiger partial charge in [0.2, 0.25) is 16.8 Å². The Morgan fingerprint density at radius 1 is 1.06 bits per heavy atom. The molecule has 0 aromatic carbocycles. The van der Waals surface area contributed by atoms with Crippen molar-refractivity contribution in [3.63, 3.8) is 0 Å². The molecule has 0 aliphatic carbocycles. The number of carbonyl (C=O) groups excluding carboxylic acids is 2. The Morgan fingerprint density at radius 3 is 2.42 bits per heavy atom. The van der Waals surface area contributed by atoms with E-state index in [9.17, 15) is 18.0 Å². The van der Waals surface area contributed by atoms with Crippen LogP contribution in [0, 0.1) is 5.92 Å². The first-order valence-corrected chi connectivity index (χ1v) is 12.6. The fourth-order valence-corrected chi connectivity index (χ4v) is 5.58. The Hall–Kier alpha value is -2.92. The number of nitrogens with zero attached hydrogens (tertiary/aromatic N) is 4. The fraction of sp³-hybridized carbons (Fsp3) is 0.500. The van der Waals surface area contributed by atoms with E-state index >= 15 is 0 Å². The van der Waals surface area contributed by atoms with Gasteiger partial charge >= 0.3 is 5.97 Å². The second-order valence-corrected chi connectivity index (χ2v) is 9.89. The number of pyridine rings is 1. The third kappa shape index (κ3) is 5.03. The van der Waals surface area contributed by atoms with Gasteiger partial charge in [-0.3, -0.25) is 4.79 Å². The van der Waals surface area contributed by atoms with Crippen LogP contribution in [0.1, 0.15) is 30.3 Å². The van der Waals surface area contributed by atoms with E-state index in [0.29, 0.717) is 25.9 Å². The summed E-state index contributed by atoms with van der Waals surface area (Å²) in [6.45, 7) is 4.96. The highest BCUT2D eigenvalue weighted by atomic mass is 32.2. The Morgan fingerprint density at radius 2 is 1.79 bits per heavy atom. The quantitative estimate of drug-likeness (QED) is 0.578. The molecule has 0 N–H and O–H groups in total. The van der Waals surface area contributed by atoms with Crippen molar-refractivity contribution in [2.24, 2.45) is 5.92 Å². The lowest BCUT2D eigenvalue weighted by Crippen LogP contribution is -2.52. The van der Waals surface area contributed by atoms with Crippen molar-refractivity contribution in [3.05, 3.63) is 42.3 Å². The largest absolute Gasteiger partial charge is 0.460 e. The zero-order chi connectivity index (χ0) is 23.4. The number of ether oxygens (including phenoxy) is 1. The van der Waals surface area contributed by atoms with Gasteiger partial charge in [0.25, 0.3) is 10.0 Å². The molecule has 2 aliphatic rings. The Bertz CT molecular complexity index is 1070. The average molecular weight is 477 g/mol. The molecule has 1 amide bonds. The SMILES string of the molecule is CCOC(=O)c1ccc(S(=O)(=O)N2CCC(C(=O)N3CCN(c4ccccn4)CC3)CC2)o1. The van der Waals surface area contributed by atoms with Crippen LogP contribution in [0.5, 0.6) is 0 Å². The lowest BCUT2D eigenvalue weighted by atomic mass is 9.96. The minimum Gasteiger partial charge on any atom is -0.460 e. The molecule has 0 atom stereocenters. The molecule has 0 radical (unpaired) electrons. The van der Waals surface area contributed by atoms with Crippen molar-refractivity contribution in [2.45, 2.75) is 24.9 Å². The predicted molar refractivity (Wildman–Crippen MR) is 119 cm³/mol. The molecule has 10 nitrogen and oxygen atoms in total. The summed E-state index contributed by atoms with van der Waals surface area (Å²) < 4.78 is 37.2. The van der Waals surface area contributed by atoms with Crippen LogP contribution >= 0.6 is 0 Å². The minimum atomic E-state index is -3.88. The molecule has 33 heavy (non-hydrogen) atoms. The molecular formula is C22H28N4O6S. The third-order valence-electron chi connectivity index (χ3n) is 6.02. The maximum Gasteiger partial charge on any atom is 0.374 e. The number of piperidine rings is 1. The van der Waals surface area contributed by atoms with E-state index in [2.05, 4.69) is 9.88 Å². The highest BCUT2D eigenvalue weighted by molar-refractivity contribution is 7.89. The van der Waals surface area contributed by atoms with Crippen LogP contribution in [0.3, 0.4) is 0 Å². The smallest absolute Gasteiger partial charge is 0.374 e. The third-order valence-corrected chi connectivity index (χ3v) is 7.79. The van der Waals surface area contributed by atoms with Crippen LogP contribution in [0.25, 0.3) is 0 Å². The first-order valence-electron chi connectivity index (χ1n) is 11.1. The van der Waals surface area contributed by atoms with Gasteiger partial charge in [-0.1, -0.05) is 6.07 Å². The Balaban J connectivity index is 1.30. The van der Waals surface area contributed by atoms with Crippen LogP contribution in [0.15, 0.2) is 46.0 Å². The maximum atomic E-state index is 13.0. The Labute approximate surface area is 193 Å². The number of amides is 1. The second kappa shape index (κ2) is 9.92. The van der Waals surface area contributed by atoms with E-state index in [1.165, 1.54) is 16.4 Å². The predicted octanol–water partition coefficient (Wildman–Crippen LogP) is 1.60. The number of rotatable bonds is 6. The van der Waals surface area contributed by atoms with Gasteiger partial charge in [-0.05, 0) is 44.0 Å². The van der Waals surface area contributed by atoms with E-state index in [1.54, 1.807) is 13.1 Å². The zero-order valence-electron chi connectivity index (χ0n) is 18.6. The van der Waals surface area contributed by atoms with Crippen LogP contribution in [-0.4, -0.2) is 80.4 Å². The van der Waals surface area contributed by atoms with Gasteiger partial charge < -0.3 is 19.0 Å². The van der Waals surface area contributed by atoms with Crippen molar-refractivity contribution in [1.82, 2.24) is 14.2 Å². The van der Waals surface area contributed by atoms with Crippen molar-refractivity contribution in [3.8, 4) is 0 Å². The van der Waals surface area contributed by atoms with Crippen LogP contribution in [0.4, 0.5) is 5.82 Å². The lowest BCUT2D eigenvalue weighted by molar-refractivity contribution is -0.137. The molecule has 2 saturated heterocycles. The van der Waals surface area contributed by atoms with Gasteiger partial charge in [0.05, 0.1) is 6.61 Å². The highest BCUT2D eigenvalue weighted by Gasteiger charge is 2.36. The molecule has 4 heterocycles. The standard InChI is InChI=1S/C22H28N4O6S/c1-2-31-22(28)18-6-7-20(32-18)33(29,30)26-11-8-17(9-12-26)21(27)25-15-13-24(14-16-25)19-5-3-4-10-23-19/h3-7,10,17H,2,8-9,11-16H2,1H3. The van der Waals surface area contributed by atoms with E-state index in [4.69, 9.17) is 9.15 Å². The van der Waals surface area contributed by atoms with Gasteiger partial charge in [-0.25, -0.2) is 18.2 Å². The summed E-state index contributed by atoms with van der Waals surface area (Å²) in [6.07, 6.45) is 2.66. The monoisotopic (exact) mass is 476 g/mol. The van der Waals surface area contributed by atoms with Crippen molar-refractivity contribution >= 4 is 27.7 Å². The molecule has 0 unspecified atom stereocenters. The molecule has 2 aliphatic heterocycles. The number of furan rings is 1. The highest BCUT2D eigenvalue weighted by Crippen LogP contribution is 2.27. The molecule has 4 rings (SSSR count). The summed E-state index contributed by atoms with van der Waals surface area (Å²) in [5.74, 6) is -0.0660. The number of hydrogen-bond donors (Lipinski definition) is 0. The first kappa shape index (κ1) is 23.2. The minimum absolute atomic E-state index is 0.0790. The van der Waals surface area contributed by atoms with Gasteiger partial charge in [0.15, 0.2) is 0 Å². The van der Waals surface area contributed by atoms with Crippen LogP contribution < -0.4 is 4.90 Å². The molecule has 0 saturated carbocycles. The summed E-state index contributed by atoms with van der Waals surface area (Å²) in [5.41, 5.74) is 0. The summed E-state index contributed by atoms with van der Waals surface area (Å²) in [6, 6.07) is 8.34. The van der Waals surface area contributed by atoms with E-state index < -0.39 is 16.0 Å². The molecular weight excluding hydrogens is 448 g/mol. The molecule has 0 spiro atoms. The first-order chi connectivity index (χ1) is 15.9. The summed E-state index contributed by atoms with van der Waals surface area (Å²) in [5, 5.41) is -0.291. The molecule has 2 aromatic rings. The molecule has 2 fully saturated rings. The molecule has 11 heteroatoms. The number of hydrogen-bond acceptors (Lipinski definition) is 8. The zero-order valence-corrected chi connectivity index (χ0v) is 19.4. The van der Waals surface area contributed by atoms with Gasteiger partial charge in [-0.15, -0.1) is 0 Å². The van der Waals surface area contributed by atoms with E-state index in [1.807, 2.05) is 23.1 Å². The average Bonchev–Trinajstić information content (AvgIpc) is 3.36. The van der Waals surface area contributed by atoms with Gasteiger partial charge in [0.1, 0.15) is 5.82 Å². The summed E-state index contributed by atoms with van der Waals surface area (Å²) in [4.78, 5) is 33.2. The normalized spacial score (nSPS) is 18.3. The maximum absolute atomic E-state index is 13.0.